The van der Waals surface area contributed by atoms with Crippen molar-refractivity contribution in [1.82, 2.24) is 10.2 Å². The summed E-state index contributed by atoms with van der Waals surface area (Å²) < 4.78 is 5.73. The zero-order chi connectivity index (χ0) is 24.2. The molecule has 0 aliphatic carbocycles. The second kappa shape index (κ2) is 13.0. The van der Waals surface area contributed by atoms with Crippen LogP contribution in [0.4, 0.5) is 16.2 Å². The number of nitrogens with zero attached hydrogens (tertiary/aromatic N) is 1. The number of para-hydroxylation sites is 1. The maximum Gasteiger partial charge on any atom is 0.323 e. The molecule has 7 nitrogen and oxygen atoms in total. The molecular formula is C27H32N4O3. The molecule has 34 heavy (non-hydrogen) atoms. The number of anilines is 2. The molecule has 0 aliphatic heterocycles. The molecule has 3 aromatic carbocycles. The Morgan fingerprint density at radius 1 is 0.794 bits per heavy atom. The molecule has 0 unspecified atom stereocenters. The normalized spacial score (nSPS) is 10.6. The first-order valence-electron chi connectivity index (χ1n) is 11.5. The van der Waals surface area contributed by atoms with Crippen LogP contribution in [0, 0.1) is 0 Å². The van der Waals surface area contributed by atoms with Crippen molar-refractivity contribution in [2.45, 2.75) is 20.5 Å². The van der Waals surface area contributed by atoms with Crippen molar-refractivity contribution in [3.63, 3.8) is 0 Å². The highest BCUT2D eigenvalue weighted by Crippen LogP contribution is 2.15. The second-order valence-corrected chi connectivity index (χ2v) is 7.74. The van der Waals surface area contributed by atoms with Gasteiger partial charge in [-0.15, -0.1) is 0 Å². The molecule has 3 aromatic rings. The smallest absolute Gasteiger partial charge is 0.323 e. The number of urea groups is 1. The largest absolute Gasteiger partial charge is 0.489 e. The first-order chi connectivity index (χ1) is 16.6. The molecule has 178 valence electrons. The highest BCUT2D eigenvalue weighted by molar-refractivity contribution is 6.00. The molecular weight excluding hydrogens is 428 g/mol. The number of ether oxygens (including phenoxy) is 1. The van der Waals surface area contributed by atoms with Crippen LogP contribution in [-0.4, -0.2) is 43.0 Å². The van der Waals surface area contributed by atoms with E-state index in [9.17, 15) is 9.59 Å². The van der Waals surface area contributed by atoms with Crippen molar-refractivity contribution in [1.29, 1.82) is 0 Å². The Balaban J connectivity index is 1.43. The number of hydrogen-bond acceptors (Lipinski definition) is 4. The van der Waals surface area contributed by atoms with E-state index < -0.39 is 0 Å². The van der Waals surface area contributed by atoms with Crippen molar-refractivity contribution in [3.05, 3.63) is 90.0 Å². The van der Waals surface area contributed by atoms with Gasteiger partial charge in [-0.3, -0.25) is 4.79 Å². The zero-order valence-corrected chi connectivity index (χ0v) is 19.7. The summed E-state index contributed by atoms with van der Waals surface area (Å²) >= 11 is 0. The van der Waals surface area contributed by atoms with E-state index in [2.05, 4.69) is 34.7 Å². The number of rotatable bonds is 11. The van der Waals surface area contributed by atoms with Crippen LogP contribution in [0.2, 0.25) is 0 Å². The van der Waals surface area contributed by atoms with Gasteiger partial charge in [0.1, 0.15) is 12.4 Å². The summed E-state index contributed by atoms with van der Waals surface area (Å²) in [7, 11) is 0. The van der Waals surface area contributed by atoms with Gasteiger partial charge in [0.25, 0.3) is 5.91 Å². The van der Waals surface area contributed by atoms with Crippen molar-refractivity contribution < 1.29 is 14.3 Å². The fourth-order valence-electron chi connectivity index (χ4n) is 3.34. The predicted molar refractivity (Wildman–Crippen MR) is 136 cm³/mol. The fourth-order valence-corrected chi connectivity index (χ4v) is 3.34. The van der Waals surface area contributed by atoms with Gasteiger partial charge in [0, 0.05) is 30.0 Å². The van der Waals surface area contributed by atoms with Gasteiger partial charge < -0.3 is 25.6 Å². The molecule has 0 saturated heterocycles. The minimum Gasteiger partial charge on any atom is -0.489 e. The summed E-state index contributed by atoms with van der Waals surface area (Å²) in [6.45, 7) is 7.99. The molecule has 0 bridgehead atoms. The van der Waals surface area contributed by atoms with Gasteiger partial charge in [-0.1, -0.05) is 44.2 Å². The summed E-state index contributed by atoms with van der Waals surface area (Å²) in [6.07, 6.45) is 0. The monoisotopic (exact) mass is 460 g/mol. The lowest BCUT2D eigenvalue weighted by Gasteiger charge is -2.18. The van der Waals surface area contributed by atoms with E-state index >= 15 is 0 Å². The SMILES string of the molecule is CCN(CC)CCNC(=O)c1ccc(NC(=O)Nc2ccc(COc3ccccc3)cc2)cc1. The number of carbonyl (C=O) groups excluding carboxylic acids is 2. The minimum atomic E-state index is -0.357. The minimum absolute atomic E-state index is 0.125. The van der Waals surface area contributed by atoms with Gasteiger partial charge in [0.05, 0.1) is 0 Å². The number of benzene rings is 3. The first-order valence-corrected chi connectivity index (χ1v) is 11.5. The average molecular weight is 461 g/mol. The number of nitrogens with one attached hydrogen (secondary N) is 3. The van der Waals surface area contributed by atoms with Crippen LogP contribution in [-0.2, 0) is 6.61 Å². The van der Waals surface area contributed by atoms with Crippen LogP contribution in [0.1, 0.15) is 29.8 Å². The third kappa shape index (κ3) is 7.94. The molecule has 0 saturated carbocycles. The van der Waals surface area contributed by atoms with E-state index in [-0.39, 0.29) is 11.9 Å². The standard InChI is InChI=1S/C27H32N4O3/c1-3-31(4-2)19-18-28-26(32)22-12-16-24(17-13-22)30-27(33)29-23-14-10-21(11-15-23)20-34-25-8-6-5-7-9-25/h5-17H,3-4,18-20H2,1-2H3,(H,28,32)(H2,29,30,33). The molecule has 3 rings (SSSR count). The lowest BCUT2D eigenvalue weighted by molar-refractivity contribution is 0.0949. The number of likely N-dealkylation sites (N-methyl/N-ethyl adjacent to an activating group) is 1. The topological polar surface area (TPSA) is 82.7 Å². The van der Waals surface area contributed by atoms with Crippen LogP contribution in [0.3, 0.4) is 0 Å². The van der Waals surface area contributed by atoms with Crippen LogP contribution in [0.15, 0.2) is 78.9 Å². The highest BCUT2D eigenvalue weighted by atomic mass is 16.5. The lowest BCUT2D eigenvalue weighted by atomic mass is 10.2. The average Bonchev–Trinajstić information content (AvgIpc) is 2.87. The Labute approximate surface area is 201 Å². The Hall–Kier alpha value is -3.84. The maximum absolute atomic E-state index is 12.3. The molecule has 7 heteroatoms. The predicted octanol–water partition coefficient (Wildman–Crippen LogP) is 4.98. The van der Waals surface area contributed by atoms with Gasteiger partial charge in [-0.25, -0.2) is 4.79 Å². The Kier molecular flexibility index (Phi) is 9.49. The van der Waals surface area contributed by atoms with Gasteiger partial charge in [0.15, 0.2) is 0 Å². The van der Waals surface area contributed by atoms with E-state index in [1.165, 1.54) is 0 Å². The molecule has 0 aromatic heterocycles. The van der Waals surface area contributed by atoms with Crippen LogP contribution < -0.4 is 20.7 Å². The van der Waals surface area contributed by atoms with Gasteiger partial charge in [-0.2, -0.15) is 0 Å². The van der Waals surface area contributed by atoms with E-state index in [1.807, 2.05) is 54.6 Å². The zero-order valence-electron chi connectivity index (χ0n) is 19.7. The summed E-state index contributed by atoms with van der Waals surface area (Å²) in [5, 5.41) is 8.51. The maximum atomic E-state index is 12.3. The Morgan fingerprint density at radius 3 is 1.97 bits per heavy atom. The van der Waals surface area contributed by atoms with Crippen molar-refractivity contribution in [2.24, 2.45) is 0 Å². The van der Waals surface area contributed by atoms with E-state index in [0.717, 1.165) is 30.9 Å². The van der Waals surface area contributed by atoms with E-state index in [1.54, 1.807) is 24.3 Å². The van der Waals surface area contributed by atoms with Gasteiger partial charge in [-0.05, 0) is 67.2 Å². The second-order valence-electron chi connectivity index (χ2n) is 7.74. The Morgan fingerprint density at radius 2 is 1.38 bits per heavy atom. The lowest BCUT2D eigenvalue weighted by Crippen LogP contribution is -2.34. The molecule has 0 heterocycles. The molecule has 0 atom stereocenters. The fraction of sp³-hybridized carbons (Fsp3) is 0.259. The van der Waals surface area contributed by atoms with E-state index in [4.69, 9.17) is 4.74 Å². The Bertz CT molecular complexity index is 1030. The van der Waals surface area contributed by atoms with Crippen LogP contribution in [0.5, 0.6) is 5.75 Å². The molecule has 3 amide bonds. The molecule has 0 radical (unpaired) electrons. The van der Waals surface area contributed by atoms with Crippen molar-refractivity contribution in [3.8, 4) is 5.75 Å². The first kappa shape index (κ1) is 24.8. The van der Waals surface area contributed by atoms with E-state index in [0.29, 0.717) is 30.1 Å². The molecule has 0 fully saturated rings. The molecule has 0 aliphatic rings. The van der Waals surface area contributed by atoms with Crippen molar-refractivity contribution >= 4 is 23.3 Å². The van der Waals surface area contributed by atoms with Crippen molar-refractivity contribution in [2.75, 3.05) is 36.8 Å². The van der Waals surface area contributed by atoms with Crippen LogP contribution >= 0.6 is 0 Å². The summed E-state index contributed by atoms with van der Waals surface area (Å²) in [4.78, 5) is 26.9. The third-order valence-electron chi connectivity index (χ3n) is 5.37. The number of amides is 3. The van der Waals surface area contributed by atoms with Gasteiger partial charge >= 0.3 is 6.03 Å². The summed E-state index contributed by atoms with van der Waals surface area (Å²) in [6, 6.07) is 23.6. The summed E-state index contributed by atoms with van der Waals surface area (Å²) in [5.41, 5.74) is 2.83. The summed E-state index contributed by atoms with van der Waals surface area (Å²) in [5.74, 6) is 0.687. The number of carbonyl (C=O) groups is 2. The van der Waals surface area contributed by atoms with Crippen LogP contribution in [0.25, 0.3) is 0 Å². The molecule has 3 N–H and O–H groups in total. The van der Waals surface area contributed by atoms with Gasteiger partial charge in [0.2, 0.25) is 0 Å². The highest BCUT2D eigenvalue weighted by Gasteiger charge is 2.08. The third-order valence-corrected chi connectivity index (χ3v) is 5.37. The molecule has 0 spiro atoms. The quantitative estimate of drug-likeness (QED) is 0.377. The number of hydrogen-bond donors (Lipinski definition) is 3.